The van der Waals surface area contributed by atoms with E-state index in [1.54, 1.807) is 18.2 Å². The van der Waals surface area contributed by atoms with Gasteiger partial charge in [-0.05, 0) is 25.1 Å². The standard InChI is InChI=1S/C32H40O17/c1-14-25(36)27(38)29(40)31(46-14)45-13-23-26(37)28(39)30(41)32(49-23)47-16-10-21(44-8-6-34)24-17(35)12-19(48-22(24)11-16)15-3-4-18(42-2)20(9-15)43-7-5-33/h3-4,9-12,14,23,25-34,36-41H,5-8,13H2,1-2H3. The van der Waals surface area contributed by atoms with Crippen LogP contribution in [-0.2, 0) is 14.2 Å². The van der Waals surface area contributed by atoms with Crippen molar-refractivity contribution in [2.75, 3.05) is 40.1 Å². The summed E-state index contributed by atoms with van der Waals surface area (Å²) >= 11 is 0. The van der Waals surface area contributed by atoms with Crippen LogP contribution >= 0.6 is 0 Å². The molecule has 0 bridgehead atoms. The quantitative estimate of drug-likeness (QED) is 0.0985. The lowest BCUT2D eigenvalue weighted by Gasteiger charge is -2.42. The lowest BCUT2D eigenvalue weighted by Crippen LogP contribution is -2.61. The van der Waals surface area contributed by atoms with Gasteiger partial charge in [0.1, 0.15) is 84.2 Å². The first-order valence-electron chi connectivity index (χ1n) is 15.4. The van der Waals surface area contributed by atoms with Gasteiger partial charge in [0.15, 0.2) is 23.2 Å². The summed E-state index contributed by atoms with van der Waals surface area (Å²) in [5, 5.41) is 80.8. The Morgan fingerprint density at radius 3 is 2.10 bits per heavy atom. The molecule has 1 aromatic heterocycles. The van der Waals surface area contributed by atoms with E-state index in [9.17, 15) is 45.6 Å². The third-order valence-corrected chi connectivity index (χ3v) is 8.07. The SMILES string of the molecule is COc1ccc(-c2cc(=O)c3c(OCCO)cc(OC4OC(COC5OC(C)C(O)C(O)C5O)C(O)C(O)C4O)cc3o2)cc1OCCO. The van der Waals surface area contributed by atoms with Crippen molar-refractivity contribution in [2.24, 2.45) is 0 Å². The van der Waals surface area contributed by atoms with Crippen LogP contribution in [0.2, 0.25) is 0 Å². The van der Waals surface area contributed by atoms with E-state index in [4.69, 9.17) is 37.6 Å². The molecule has 2 saturated heterocycles. The number of aliphatic hydroxyl groups is 8. The highest BCUT2D eigenvalue weighted by Crippen LogP contribution is 2.36. The Hall–Kier alpha value is -3.59. The summed E-state index contributed by atoms with van der Waals surface area (Å²) in [5.74, 6) is 0.685. The number of hydrogen-bond acceptors (Lipinski definition) is 17. The largest absolute Gasteiger partial charge is 0.493 e. The average molecular weight is 697 g/mol. The molecule has 0 amide bonds. The van der Waals surface area contributed by atoms with Gasteiger partial charge in [-0.15, -0.1) is 0 Å². The summed E-state index contributed by atoms with van der Waals surface area (Å²) in [4.78, 5) is 13.4. The summed E-state index contributed by atoms with van der Waals surface area (Å²) in [6.07, 6.45) is -15.1. The highest BCUT2D eigenvalue weighted by molar-refractivity contribution is 5.86. The zero-order valence-electron chi connectivity index (χ0n) is 26.5. The van der Waals surface area contributed by atoms with Gasteiger partial charge in [0.05, 0.1) is 33.0 Å². The molecule has 0 spiro atoms. The predicted octanol–water partition coefficient (Wildman–Crippen LogP) is -1.76. The molecule has 0 aliphatic carbocycles. The van der Waals surface area contributed by atoms with Crippen molar-refractivity contribution in [2.45, 2.75) is 68.3 Å². The Balaban J connectivity index is 1.42. The lowest BCUT2D eigenvalue weighted by atomic mass is 9.98. The van der Waals surface area contributed by atoms with Gasteiger partial charge in [-0.2, -0.15) is 0 Å². The van der Waals surface area contributed by atoms with Gasteiger partial charge in [0.25, 0.3) is 0 Å². The Kier molecular flexibility index (Phi) is 11.9. The van der Waals surface area contributed by atoms with Crippen LogP contribution < -0.4 is 24.4 Å². The molecule has 2 aliphatic heterocycles. The molecule has 2 aliphatic rings. The number of benzene rings is 2. The second-order valence-electron chi connectivity index (χ2n) is 11.4. The fourth-order valence-electron chi connectivity index (χ4n) is 5.43. The minimum atomic E-state index is -1.79. The molecule has 17 nitrogen and oxygen atoms in total. The molecule has 10 atom stereocenters. The van der Waals surface area contributed by atoms with E-state index in [0.717, 1.165) is 0 Å². The third-order valence-electron chi connectivity index (χ3n) is 8.07. The monoisotopic (exact) mass is 696 g/mol. The van der Waals surface area contributed by atoms with Crippen LogP contribution in [0.4, 0.5) is 0 Å². The fourth-order valence-corrected chi connectivity index (χ4v) is 5.43. The number of aliphatic hydroxyl groups excluding tert-OH is 8. The molecule has 3 aromatic rings. The van der Waals surface area contributed by atoms with Crippen molar-refractivity contribution in [1.29, 1.82) is 0 Å². The molecular weight excluding hydrogens is 656 g/mol. The van der Waals surface area contributed by atoms with Crippen LogP contribution in [0.1, 0.15) is 6.92 Å². The number of rotatable bonds is 13. The summed E-state index contributed by atoms with van der Waals surface area (Å²) in [6.45, 7) is 0.118. The molecule has 270 valence electrons. The van der Waals surface area contributed by atoms with E-state index in [-0.39, 0.29) is 60.4 Å². The zero-order chi connectivity index (χ0) is 35.4. The molecule has 49 heavy (non-hydrogen) atoms. The van der Waals surface area contributed by atoms with Gasteiger partial charge in [-0.1, -0.05) is 0 Å². The normalized spacial score (nSPS) is 30.2. The summed E-state index contributed by atoms with van der Waals surface area (Å²) in [6, 6.07) is 8.62. The second kappa shape index (κ2) is 16.0. The first-order chi connectivity index (χ1) is 23.5. The number of fused-ring (bicyclic) bond motifs is 1. The van der Waals surface area contributed by atoms with E-state index >= 15 is 0 Å². The van der Waals surface area contributed by atoms with Crippen LogP contribution in [0.3, 0.4) is 0 Å². The van der Waals surface area contributed by atoms with Crippen molar-refractivity contribution < 1.29 is 78.4 Å². The Morgan fingerprint density at radius 1 is 0.735 bits per heavy atom. The number of ether oxygens (including phenoxy) is 7. The molecule has 3 heterocycles. The van der Waals surface area contributed by atoms with E-state index in [2.05, 4.69) is 0 Å². The molecule has 5 rings (SSSR count). The van der Waals surface area contributed by atoms with Crippen LogP contribution in [0.15, 0.2) is 45.6 Å². The zero-order valence-corrected chi connectivity index (χ0v) is 26.5. The highest BCUT2D eigenvalue weighted by Gasteiger charge is 2.47. The summed E-state index contributed by atoms with van der Waals surface area (Å²) < 4.78 is 45.0. The maximum atomic E-state index is 13.4. The maximum absolute atomic E-state index is 13.4. The molecular formula is C32H40O17. The van der Waals surface area contributed by atoms with Gasteiger partial charge >= 0.3 is 0 Å². The number of methoxy groups -OCH3 is 1. The van der Waals surface area contributed by atoms with E-state index in [0.29, 0.717) is 11.3 Å². The molecule has 0 radical (unpaired) electrons. The topological polar surface area (TPSA) is 257 Å². The minimum absolute atomic E-state index is 0.00855. The van der Waals surface area contributed by atoms with Crippen LogP contribution in [0.25, 0.3) is 22.3 Å². The summed E-state index contributed by atoms with van der Waals surface area (Å²) in [5.41, 5.74) is -0.106. The smallest absolute Gasteiger partial charge is 0.229 e. The van der Waals surface area contributed by atoms with Crippen molar-refractivity contribution in [1.82, 2.24) is 0 Å². The van der Waals surface area contributed by atoms with Crippen LogP contribution in [-0.4, -0.2) is 142 Å². The van der Waals surface area contributed by atoms with E-state index in [1.165, 1.54) is 32.2 Å². The molecule has 0 saturated carbocycles. The van der Waals surface area contributed by atoms with Crippen molar-refractivity contribution >= 4 is 11.0 Å². The van der Waals surface area contributed by atoms with Gasteiger partial charge in [-0.25, -0.2) is 0 Å². The second-order valence-corrected chi connectivity index (χ2v) is 11.4. The fraction of sp³-hybridized carbons (Fsp3) is 0.531. The first kappa shape index (κ1) is 36.7. The summed E-state index contributed by atoms with van der Waals surface area (Å²) in [7, 11) is 1.45. The van der Waals surface area contributed by atoms with Gasteiger partial charge in [-0.3, -0.25) is 4.79 Å². The first-order valence-corrected chi connectivity index (χ1v) is 15.4. The minimum Gasteiger partial charge on any atom is -0.493 e. The van der Waals surface area contributed by atoms with Crippen LogP contribution in [0.5, 0.6) is 23.0 Å². The number of hydrogen-bond donors (Lipinski definition) is 8. The van der Waals surface area contributed by atoms with Gasteiger partial charge in [0, 0.05) is 23.8 Å². The Bertz CT molecular complexity index is 1610. The predicted molar refractivity (Wildman–Crippen MR) is 165 cm³/mol. The molecule has 10 unspecified atom stereocenters. The highest BCUT2D eigenvalue weighted by atomic mass is 16.7. The molecule has 2 aromatic carbocycles. The molecule has 8 N–H and O–H groups in total. The van der Waals surface area contributed by atoms with Crippen molar-refractivity contribution in [3.63, 3.8) is 0 Å². The maximum Gasteiger partial charge on any atom is 0.229 e. The molecule has 17 heteroatoms. The Labute approximate surface area is 278 Å². The molecule has 2 fully saturated rings. The van der Waals surface area contributed by atoms with E-state index in [1.807, 2.05) is 0 Å². The lowest BCUT2D eigenvalue weighted by molar-refractivity contribution is -0.318. The van der Waals surface area contributed by atoms with E-state index < -0.39 is 73.4 Å². The van der Waals surface area contributed by atoms with Crippen LogP contribution in [0, 0.1) is 0 Å². The van der Waals surface area contributed by atoms with Crippen molar-refractivity contribution in [3.05, 3.63) is 46.6 Å². The average Bonchev–Trinajstić information content (AvgIpc) is 3.09. The van der Waals surface area contributed by atoms with Crippen molar-refractivity contribution in [3.8, 4) is 34.3 Å². The van der Waals surface area contributed by atoms with Gasteiger partial charge < -0.3 is 78.4 Å². The Morgan fingerprint density at radius 2 is 1.41 bits per heavy atom. The van der Waals surface area contributed by atoms with Gasteiger partial charge in [0.2, 0.25) is 6.29 Å². The third kappa shape index (κ3) is 7.92.